The lowest BCUT2D eigenvalue weighted by atomic mass is 10.2. The molecule has 0 saturated carbocycles. The van der Waals surface area contributed by atoms with Gasteiger partial charge < -0.3 is 14.5 Å². The minimum atomic E-state index is 0.465. The van der Waals surface area contributed by atoms with Crippen LogP contribution in [0.25, 0.3) is 0 Å². The molecule has 2 bridgehead atoms. The summed E-state index contributed by atoms with van der Waals surface area (Å²) in [5.41, 5.74) is 1.33. The standard InChI is InChI=1S/C15H24N2O2/c1-3-16-7-15-6-12(11(2)18-15)8-17-9-13-4-5-14(10-17)19-13/h6,13-14,16H,3-5,7-10H2,1-2H3. The number of likely N-dealkylation sites (tertiary alicyclic amines) is 1. The van der Waals surface area contributed by atoms with Crippen molar-refractivity contribution in [2.24, 2.45) is 0 Å². The van der Waals surface area contributed by atoms with Gasteiger partial charge in [-0.05, 0) is 32.4 Å². The van der Waals surface area contributed by atoms with E-state index in [4.69, 9.17) is 9.15 Å². The molecule has 2 fully saturated rings. The van der Waals surface area contributed by atoms with Crippen LogP contribution in [-0.2, 0) is 17.8 Å². The summed E-state index contributed by atoms with van der Waals surface area (Å²) in [6.45, 7) is 9.12. The van der Waals surface area contributed by atoms with E-state index < -0.39 is 0 Å². The fourth-order valence-corrected chi connectivity index (χ4v) is 3.15. The molecule has 0 aliphatic carbocycles. The van der Waals surface area contributed by atoms with Crippen LogP contribution in [-0.4, -0.2) is 36.7 Å². The SMILES string of the molecule is CCNCc1cc(CN2CC3CCC(C2)O3)c(C)o1. The summed E-state index contributed by atoms with van der Waals surface area (Å²) >= 11 is 0. The lowest BCUT2D eigenvalue weighted by molar-refractivity contribution is -0.0411. The summed E-state index contributed by atoms with van der Waals surface area (Å²) in [5, 5.41) is 3.31. The number of rotatable bonds is 5. The highest BCUT2D eigenvalue weighted by Crippen LogP contribution is 2.28. The van der Waals surface area contributed by atoms with Crippen LogP contribution in [0.1, 0.15) is 36.8 Å². The van der Waals surface area contributed by atoms with Gasteiger partial charge in [-0.3, -0.25) is 4.90 Å². The molecule has 1 aromatic heterocycles. The monoisotopic (exact) mass is 264 g/mol. The van der Waals surface area contributed by atoms with Gasteiger partial charge in [-0.25, -0.2) is 0 Å². The van der Waals surface area contributed by atoms with Gasteiger partial charge >= 0.3 is 0 Å². The van der Waals surface area contributed by atoms with E-state index in [0.29, 0.717) is 12.2 Å². The molecule has 0 radical (unpaired) electrons. The van der Waals surface area contributed by atoms with E-state index in [9.17, 15) is 0 Å². The molecule has 2 saturated heterocycles. The topological polar surface area (TPSA) is 37.6 Å². The molecule has 2 atom stereocenters. The van der Waals surface area contributed by atoms with E-state index >= 15 is 0 Å². The first-order valence-electron chi connectivity index (χ1n) is 7.41. The van der Waals surface area contributed by atoms with Crippen LogP contribution in [0.3, 0.4) is 0 Å². The number of morpholine rings is 1. The normalized spacial score (nSPS) is 27.1. The van der Waals surface area contributed by atoms with Gasteiger partial charge in [0.1, 0.15) is 11.5 Å². The van der Waals surface area contributed by atoms with Crippen molar-refractivity contribution in [3.63, 3.8) is 0 Å². The van der Waals surface area contributed by atoms with Gasteiger partial charge in [0.05, 0.1) is 18.8 Å². The number of nitrogens with one attached hydrogen (secondary N) is 1. The van der Waals surface area contributed by atoms with Crippen LogP contribution in [0.4, 0.5) is 0 Å². The van der Waals surface area contributed by atoms with Crippen LogP contribution in [0, 0.1) is 6.92 Å². The van der Waals surface area contributed by atoms with Crippen LogP contribution >= 0.6 is 0 Å². The first kappa shape index (κ1) is 13.2. The highest BCUT2D eigenvalue weighted by Gasteiger charge is 2.33. The number of ether oxygens (including phenoxy) is 1. The van der Waals surface area contributed by atoms with E-state index in [0.717, 1.165) is 44.2 Å². The fourth-order valence-electron chi connectivity index (χ4n) is 3.15. The van der Waals surface area contributed by atoms with Crippen molar-refractivity contribution in [2.75, 3.05) is 19.6 Å². The van der Waals surface area contributed by atoms with Gasteiger partial charge in [0.2, 0.25) is 0 Å². The van der Waals surface area contributed by atoms with Crippen molar-refractivity contribution >= 4 is 0 Å². The largest absolute Gasteiger partial charge is 0.465 e. The Bertz CT molecular complexity index is 418. The van der Waals surface area contributed by atoms with Gasteiger partial charge in [-0.15, -0.1) is 0 Å². The molecule has 0 aromatic carbocycles. The van der Waals surface area contributed by atoms with Gasteiger partial charge in [0, 0.05) is 25.2 Å². The molecule has 0 spiro atoms. The highest BCUT2D eigenvalue weighted by molar-refractivity contribution is 5.21. The Hall–Kier alpha value is -0.840. The van der Waals surface area contributed by atoms with Crippen LogP contribution in [0.5, 0.6) is 0 Å². The average molecular weight is 264 g/mol. The summed E-state index contributed by atoms with van der Waals surface area (Å²) in [6.07, 6.45) is 3.40. The highest BCUT2D eigenvalue weighted by atomic mass is 16.5. The summed E-state index contributed by atoms with van der Waals surface area (Å²) in [7, 11) is 0. The van der Waals surface area contributed by atoms with Crippen molar-refractivity contribution in [1.82, 2.24) is 10.2 Å². The third-order valence-corrected chi connectivity index (χ3v) is 4.13. The third-order valence-electron chi connectivity index (χ3n) is 4.13. The van der Waals surface area contributed by atoms with Gasteiger partial charge in [0.15, 0.2) is 0 Å². The van der Waals surface area contributed by atoms with Crippen molar-refractivity contribution in [1.29, 1.82) is 0 Å². The smallest absolute Gasteiger partial charge is 0.118 e. The molecular weight excluding hydrogens is 240 g/mol. The zero-order valence-corrected chi connectivity index (χ0v) is 11.9. The molecule has 1 N–H and O–H groups in total. The third kappa shape index (κ3) is 3.02. The van der Waals surface area contributed by atoms with E-state index in [1.54, 1.807) is 0 Å². The maximum atomic E-state index is 5.88. The quantitative estimate of drug-likeness (QED) is 0.883. The summed E-state index contributed by atoms with van der Waals surface area (Å²) < 4.78 is 11.7. The molecule has 3 rings (SSSR count). The molecule has 2 aliphatic heterocycles. The molecule has 4 nitrogen and oxygen atoms in total. The minimum Gasteiger partial charge on any atom is -0.465 e. The van der Waals surface area contributed by atoms with Gasteiger partial charge in [-0.1, -0.05) is 6.92 Å². The number of furan rings is 1. The lowest BCUT2D eigenvalue weighted by Crippen LogP contribution is -2.42. The maximum absolute atomic E-state index is 5.88. The van der Waals surface area contributed by atoms with E-state index in [2.05, 4.69) is 30.1 Å². The minimum absolute atomic E-state index is 0.465. The van der Waals surface area contributed by atoms with Crippen LogP contribution in [0.2, 0.25) is 0 Å². The maximum Gasteiger partial charge on any atom is 0.118 e. The van der Waals surface area contributed by atoms with Crippen LogP contribution < -0.4 is 5.32 Å². The number of aryl methyl sites for hydroxylation is 1. The second-order valence-corrected chi connectivity index (χ2v) is 5.73. The summed E-state index contributed by atoms with van der Waals surface area (Å²) in [6, 6.07) is 2.20. The molecular formula is C15H24N2O2. The fraction of sp³-hybridized carbons (Fsp3) is 0.733. The van der Waals surface area contributed by atoms with E-state index in [1.807, 2.05) is 0 Å². The van der Waals surface area contributed by atoms with Gasteiger partial charge in [-0.2, -0.15) is 0 Å². The van der Waals surface area contributed by atoms with Crippen molar-refractivity contribution in [3.8, 4) is 0 Å². The van der Waals surface area contributed by atoms with Crippen molar-refractivity contribution in [3.05, 3.63) is 23.2 Å². The molecule has 3 heterocycles. The number of fused-ring (bicyclic) bond motifs is 2. The zero-order valence-electron chi connectivity index (χ0n) is 11.9. The molecule has 106 valence electrons. The zero-order chi connectivity index (χ0) is 13.2. The summed E-state index contributed by atoms with van der Waals surface area (Å²) in [5.74, 6) is 2.11. The van der Waals surface area contributed by atoms with E-state index in [1.165, 1.54) is 18.4 Å². The predicted molar refractivity (Wildman–Crippen MR) is 74.0 cm³/mol. The van der Waals surface area contributed by atoms with Crippen LogP contribution in [0.15, 0.2) is 10.5 Å². The Morgan fingerprint density at radius 1 is 1.32 bits per heavy atom. The molecule has 0 amide bonds. The Balaban J connectivity index is 1.61. The molecule has 2 unspecified atom stereocenters. The molecule has 4 heteroatoms. The van der Waals surface area contributed by atoms with E-state index in [-0.39, 0.29) is 0 Å². The lowest BCUT2D eigenvalue weighted by Gasteiger charge is -2.31. The Morgan fingerprint density at radius 2 is 2.05 bits per heavy atom. The Labute approximate surface area is 115 Å². The summed E-state index contributed by atoms with van der Waals surface area (Å²) in [4.78, 5) is 2.51. The average Bonchev–Trinajstić information content (AvgIpc) is 2.91. The van der Waals surface area contributed by atoms with Crippen molar-refractivity contribution < 1.29 is 9.15 Å². The second-order valence-electron chi connectivity index (χ2n) is 5.73. The molecule has 2 aliphatic rings. The Morgan fingerprint density at radius 3 is 2.74 bits per heavy atom. The first-order valence-corrected chi connectivity index (χ1v) is 7.41. The predicted octanol–water partition coefficient (Wildman–Crippen LogP) is 2.06. The number of nitrogens with zero attached hydrogens (tertiary/aromatic N) is 1. The van der Waals surface area contributed by atoms with Crippen molar-refractivity contribution in [2.45, 2.75) is 52.0 Å². The van der Waals surface area contributed by atoms with Gasteiger partial charge in [0.25, 0.3) is 0 Å². The number of hydrogen-bond acceptors (Lipinski definition) is 4. The second kappa shape index (κ2) is 5.65. The first-order chi connectivity index (χ1) is 9.24. The Kier molecular flexibility index (Phi) is 3.91. The molecule has 1 aromatic rings. The molecule has 19 heavy (non-hydrogen) atoms. The number of hydrogen-bond donors (Lipinski definition) is 1.